The molecule has 0 spiro atoms. The highest BCUT2D eigenvalue weighted by atomic mass is 79.9. The molecule has 0 radical (unpaired) electrons. The third-order valence-electron chi connectivity index (χ3n) is 3.58. The van der Waals surface area contributed by atoms with Crippen molar-refractivity contribution >= 4 is 15.9 Å². The summed E-state index contributed by atoms with van der Waals surface area (Å²) in [5.74, 6) is -1.17. The summed E-state index contributed by atoms with van der Waals surface area (Å²) >= 11 is 3.23. The topological polar surface area (TPSA) is 30.9 Å². The highest BCUT2D eigenvalue weighted by Gasteiger charge is 2.23. The molecule has 1 aliphatic carbocycles. The zero-order chi connectivity index (χ0) is 13.6. The van der Waals surface area contributed by atoms with Crippen molar-refractivity contribution in [2.24, 2.45) is 5.73 Å². The van der Waals surface area contributed by atoms with Crippen molar-refractivity contribution in [3.63, 3.8) is 0 Å². The van der Waals surface area contributed by atoms with Crippen molar-refractivity contribution in [2.45, 2.75) is 25.3 Å². The molecule has 100 valence electrons. The van der Waals surface area contributed by atoms with Crippen LogP contribution in [-0.4, -0.2) is 4.57 Å². The highest BCUT2D eigenvalue weighted by molar-refractivity contribution is 9.10. The summed E-state index contributed by atoms with van der Waals surface area (Å²) in [6.07, 6.45) is 4.60. The van der Waals surface area contributed by atoms with Gasteiger partial charge in [-0.3, -0.25) is 0 Å². The first kappa shape index (κ1) is 12.8. The van der Waals surface area contributed by atoms with Crippen LogP contribution in [-0.2, 0) is 6.42 Å². The number of benzene rings is 1. The number of hydrogen-bond donors (Lipinski definition) is 1. The summed E-state index contributed by atoms with van der Waals surface area (Å²) in [4.78, 5) is 0. The Balaban J connectivity index is 2.19. The number of rotatable bonds is 1. The molecule has 1 aromatic heterocycles. The normalized spacial score (nSPS) is 18.4. The highest BCUT2D eigenvalue weighted by Crippen LogP contribution is 2.34. The quantitative estimate of drug-likeness (QED) is 0.847. The molecule has 0 aliphatic heterocycles. The molecule has 0 saturated heterocycles. The van der Waals surface area contributed by atoms with Gasteiger partial charge in [-0.05, 0) is 52.9 Å². The predicted molar refractivity (Wildman–Crippen MR) is 73.3 cm³/mol. The second kappa shape index (κ2) is 4.72. The molecule has 1 atom stereocenters. The van der Waals surface area contributed by atoms with Crippen LogP contribution in [0.2, 0.25) is 0 Å². The summed E-state index contributed by atoms with van der Waals surface area (Å²) < 4.78 is 29.3. The molecule has 2 aromatic rings. The van der Waals surface area contributed by atoms with E-state index < -0.39 is 11.6 Å². The minimum atomic E-state index is -0.592. The van der Waals surface area contributed by atoms with E-state index in [4.69, 9.17) is 5.73 Å². The van der Waals surface area contributed by atoms with Gasteiger partial charge in [-0.15, -0.1) is 0 Å². The Morgan fingerprint density at radius 2 is 2.11 bits per heavy atom. The van der Waals surface area contributed by atoms with Gasteiger partial charge < -0.3 is 10.3 Å². The lowest BCUT2D eigenvalue weighted by atomic mass is 9.93. The fourth-order valence-electron chi connectivity index (χ4n) is 2.70. The summed E-state index contributed by atoms with van der Waals surface area (Å²) in [6, 6.07) is 4.10. The van der Waals surface area contributed by atoms with Gasteiger partial charge in [0.15, 0.2) is 5.82 Å². The van der Waals surface area contributed by atoms with Crippen molar-refractivity contribution < 1.29 is 8.78 Å². The maximum atomic E-state index is 14.0. The van der Waals surface area contributed by atoms with Crippen LogP contribution in [0.1, 0.15) is 30.1 Å². The number of nitrogens with two attached hydrogens (primary N) is 1. The average molecular weight is 327 g/mol. The second-order valence-corrected chi connectivity index (χ2v) is 5.66. The van der Waals surface area contributed by atoms with E-state index in [-0.39, 0.29) is 6.04 Å². The summed E-state index contributed by atoms with van der Waals surface area (Å²) in [5, 5.41) is 0. The fraction of sp³-hybridized carbons (Fsp3) is 0.286. The first-order valence-corrected chi connectivity index (χ1v) is 6.98. The van der Waals surface area contributed by atoms with Gasteiger partial charge in [0.05, 0.1) is 5.69 Å². The van der Waals surface area contributed by atoms with Gasteiger partial charge in [-0.2, -0.15) is 0 Å². The third-order valence-corrected chi connectivity index (χ3v) is 4.18. The van der Waals surface area contributed by atoms with Crippen LogP contribution in [0.25, 0.3) is 5.69 Å². The molecule has 0 fully saturated rings. The van der Waals surface area contributed by atoms with Gasteiger partial charge >= 0.3 is 0 Å². The Morgan fingerprint density at radius 1 is 1.32 bits per heavy atom. The molecule has 0 amide bonds. The van der Waals surface area contributed by atoms with E-state index in [9.17, 15) is 8.78 Å². The monoisotopic (exact) mass is 326 g/mol. The van der Waals surface area contributed by atoms with E-state index >= 15 is 0 Å². The lowest BCUT2D eigenvalue weighted by Crippen LogP contribution is -2.18. The van der Waals surface area contributed by atoms with Gasteiger partial charge in [-0.1, -0.05) is 0 Å². The molecule has 0 saturated carbocycles. The summed E-state index contributed by atoms with van der Waals surface area (Å²) in [7, 11) is 0. The average Bonchev–Trinajstić information content (AvgIpc) is 2.73. The maximum Gasteiger partial charge on any atom is 0.151 e. The van der Waals surface area contributed by atoms with E-state index in [1.807, 2.05) is 6.07 Å². The molecule has 1 heterocycles. The second-order valence-electron chi connectivity index (χ2n) is 4.80. The molecule has 3 rings (SSSR count). The molecule has 1 aromatic carbocycles. The fourth-order valence-corrected chi connectivity index (χ4v) is 3.30. The van der Waals surface area contributed by atoms with Crippen LogP contribution < -0.4 is 5.73 Å². The van der Waals surface area contributed by atoms with Crippen LogP contribution in [0.5, 0.6) is 0 Å². The Kier molecular flexibility index (Phi) is 3.19. The van der Waals surface area contributed by atoms with E-state index in [1.54, 1.807) is 10.8 Å². The summed E-state index contributed by atoms with van der Waals surface area (Å²) in [6.45, 7) is 0. The Labute approximate surface area is 118 Å². The molecule has 5 heteroatoms. The number of aromatic nitrogens is 1. The van der Waals surface area contributed by atoms with E-state index in [1.165, 1.54) is 6.07 Å². The Hall–Kier alpha value is -1.20. The number of halogens is 3. The third kappa shape index (κ3) is 2.11. The van der Waals surface area contributed by atoms with Crippen LogP contribution in [0.4, 0.5) is 8.78 Å². The van der Waals surface area contributed by atoms with E-state index in [2.05, 4.69) is 15.9 Å². The molecular formula is C14H13BrF2N2. The maximum absolute atomic E-state index is 14.0. The largest absolute Gasteiger partial charge is 0.324 e. The van der Waals surface area contributed by atoms with Gasteiger partial charge in [-0.25, -0.2) is 8.78 Å². The number of hydrogen-bond acceptors (Lipinski definition) is 1. The Morgan fingerprint density at radius 3 is 2.84 bits per heavy atom. The molecule has 0 bridgehead atoms. The lowest BCUT2D eigenvalue weighted by molar-refractivity contribution is 0.551. The van der Waals surface area contributed by atoms with Crippen molar-refractivity contribution in [3.8, 4) is 5.69 Å². The van der Waals surface area contributed by atoms with Crippen molar-refractivity contribution in [3.05, 3.63) is 51.8 Å². The van der Waals surface area contributed by atoms with Crippen LogP contribution in [0.3, 0.4) is 0 Å². The van der Waals surface area contributed by atoms with Crippen molar-refractivity contribution in [1.29, 1.82) is 0 Å². The SMILES string of the molecule is NC1CCCc2c1ccn2-c1c(F)cc(F)cc1Br. The van der Waals surface area contributed by atoms with Gasteiger partial charge in [0.25, 0.3) is 0 Å². The Bertz CT molecular complexity index is 613. The number of fused-ring (bicyclic) bond motifs is 1. The summed E-state index contributed by atoms with van der Waals surface area (Å²) in [5.41, 5.74) is 8.48. The first-order chi connectivity index (χ1) is 9.08. The minimum Gasteiger partial charge on any atom is -0.324 e. The molecule has 2 nitrogen and oxygen atoms in total. The molecular weight excluding hydrogens is 314 g/mol. The zero-order valence-electron chi connectivity index (χ0n) is 10.2. The predicted octanol–water partition coefficient (Wildman–Crippen LogP) is 3.85. The van der Waals surface area contributed by atoms with E-state index in [0.29, 0.717) is 10.2 Å². The van der Waals surface area contributed by atoms with Crippen LogP contribution in [0, 0.1) is 11.6 Å². The first-order valence-electron chi connectivity index (χ1n) is 6.18. The number of nitrogens with zero attached hydrogens (tertiary/aromatic N) is 1. The van der Waals surface area contributed by atoms with E-state index in [0.717, 1.165) is 36.6 Å². The standard InChI is InChI=1S/C14H13BrF2N2/c15-10-6-8(16)7-11(17)14(10)19-5-4-9-12(18)2-1-3-13(9)19/h4-7,12H,1-3,18H2. The molecule has 19 heavy (non-hydrogen) atoms. The molecule has 2 N–H and O–H groups in total. The van der Waals surface area contributed by atoms with Crippen LogP contribution in [0.15, 0.2) is 28.9 Å². The lowest BCUT2D eigenvalue weighted by Gasteiger charge is -2.21. The van der Waals surface area contributed by atoms with Gasteiger partial charge in [0.2, 0.25) is 0 Å². The zero-order valence-corrected chi connectivity index (χ0v) is 11.8. The van der Waals surface area contributed by atoms with Gasteiger partial charge in [0, 0.05) is 28.5 Å². The molecule has 1 unspecified atom stereocenters. The van der Waals surface area contributed by atoms with Crippen LogP contribution >= 0.6 is 15.9 Å². The molecule has 1 aliphatic rings. The van der Waals surface area contributed by atoms with Gasteiger partial charge in [0.1, 0.15) is 5.82 Å². The smallest absolute Gasteiger partial charge is 0.151 e. The minimum absolute atomic E-state index is 0.00675. The van der Waals surface area contributed by atoms with Crippen molar-refractivity contribution in [1.82, 2.24) is 4.57 Å². The van der Waals surface area contributed by atoms with Crippen molar-refractivity contribution in [2.75, 3.05) is 0 Å².